The van der Waals surface area contributed by atoms with E-state index in [0.29, 0.717) is 37.7 Å². The minimum absolute atomic E-state index is 0.216. The van der Waals surface area contributed by atoms with Crippen molar-refractivity contribution in [2.45, 2.75) is 12.7 Å². The molecule has 0 bridgehead atoms. The van der Waals surface area contributed by atoms with Crippen molar-refractivity contribution in [3.05, 3.63) is 52.3 Å². The normalized spacial score (nSPS) is 16.2. The van der Waals surface area contributed by atoms with Gasteiger partial charge < -0.3 is 4.90 Å². The molecule has 0 aliphatic carbocycles. The van der Waals surface area contributed by atoms with Crippen molar-refractivity contribution in [1.29, 1.82) is 0 Å². The topological polar surface area (TPSA) is 52.2 Å². The highest BCUT2D eigenvalue weighted by molar-refractivity contribution is 6.31. The molecule has 1 fully saturated rings. The Morgan fingerprint density at radius 1 is 1.20 bits per heavy atom. The molecule has 2 heterocycles. The molecular formula is C16H16ClF3N4O. The van der Waals surface area contributed by atoms with E-state index in [4.69, 9.17) is 11.6 Å². The summed E-state index contributed by atoms with van der Waals surface area (Å²) in [4.78, 5) is 16.0. The second-order valence-electron chi connectivity index (χ2n) is 5.82. The molecule has 0 saturated carbocycles. The monoisotopic (exact) mass is 372 g/mol. The van der Waals surface area contributed by atoms with Crippen LogP contribution >= 0.6 is 11.6 Å². The van der Waals surface area contributed by atoms with Crippen LogP contribution in [0.4, 0.5) is 13.2 Å². The summed E-state index contributed by atoms with van der Waals surface area (Å²) in [6.07, 6.45) is -4.54. The smallest absolute Gasteiger partial charge is 0.335 e. The summed E-state index contributed by atoms with van der Waals surface area (Å²) in [5, 5.41) is 6.05. The lowest BCUT2D eigenvalue weighted by Gasteiger charge is -2.34. The van der Waals surface area contributed by atoms with E-state index in [1.54, 1.807) is 0 Å². The Kier molecular flexibility index (Phi) is 5.01. The van der Waals surface area contributed by atoms with Gasteiger partial charge in [-0.25, -0.2) is 0 Å². The van der Waals surface area contributed by atoms with E-state index in [-0.39, 0.29) is 5.69 Å². The van der Waals surface area contributed by atoms with Crippen molar-refractivity contribution in [2.75, 3.05) is 26.2 Å². The summed E-state index contributed by atoms with van der Waals surface area (Å²) < 4.78 is 37.8. The molecule has 0 atom stereocenters. The number of amides is 1. The summed E-state index contributed by atoms with van der Waals surface area (Å²) in [6.45, 7) is 2.76. The number of benzene rings is 1. The van der Waals surface area contributed by atoms with Gasteiger partial charge in [-0.05, 0) is 11.6 Å². The number of alkyl halides is 3. The molecule has 1 amide bonds. The minimum Gasteiger partial charge on any atom is -0.335 e. The van der Waals surface area contributed by atoms with Crippen LogP contribution in [0.2, 0.25) is 5.02 Å². The van der Waals surface area contributed by atoms with Crippen molar-refractivity contribution in [3.63, 3.8) is 0 Å². The van der Waals surface area contributed by atoms with Crippen LogP contribution in [-0.4, -0.2) is 52.1 Å². The van der Waals surface area contributed by atoms with Crippen LogP contribution < -0.4 is 0 Å². The second-order valence-corrected chi connectivity index (χ2v) is 6.23. The summed E-state index contributed by atoms with van der Waals surface area (Å²) in [6, 6.07) is 8.30. The zero-order valence-electron chi connectivity index (χ0n) is 13.2. The molecule has 0 unspecified atom stereocenters. The van der Waals surface area contributed by atoms with Gasteiger partial charge in [-0.1, -0.05) is 29.8 Å². The van der Waals surface area contributed by atoms with Gasteiger partial charge in [0.2, 0.25) is 0 Å². The molecule has 1 aromatic heterocycles. The molecule has 134 valence electrons. The van der Waals surface area contributed by atoms with Crippen molar-refractivity contribution >= 4 is 17.5 Å². The van der Waals surface area contributed by atoms with Crippen LogP contribution in [0.5, 0.6) is 0 Å². The number of hydrogen-bond acceptors (Lipinski definition) is 3. The number of rotatable bonds is 3. The van der Waals surface area contributed by atoms with E-state index in [2.05, 4.69) is 10.00 Å². The number of nitrogens with zero attached hydrogens (tertiary/aromatic N) is 3. The van der Waals surface area contributed by atoms with Crippen LogP contribution in [0.3, 0.4) is 0 Å². The maximum atomic E-state index is 12.6. The highest BCUT2D eigenvalue weighted by atomic mass is 35.5. The molecule has 5 nitrogen and oxygen atoms in total. The maximum Gasteiger partial charge on any atom is 0.432 e. The van der Waals surface area contributed by atoms with Crippen molar-refractivity contribution in [3.8, 4) is 0 Å². The van der Waals surface area contributed by atoms with Crippen LogP contribution in [0, 0.1) is 0 Å². The first kappa shape index (κ1) is 17.8. The first-order valence-electron chi connectivity index (χ1n) is 7.72. The summed E-state index contributed by atoms with van der Waals surface area (Å²) in [7, 11) is 0. The number of carbonyl (C=O) groups excluding carboxylic acids is 1. The van der Waals surface area contributed by atoms with E-state index >= 15 is 0 Å². The lowest BCUT2D eigenvalue weighted by Crippen LogP contribution is -2.48. The van der Waals surface area contributed by atoms with E-state index in [1.807, 2.05) is 29.4 Å². The van der Waals surface area contributed by atoms with Crippen LogP contribution in [-0.2, 0) is 12.7 Å². The number of H-pyrrole nitrogens is 1. The summed E-state index contributed by atoms with van der Waals surface area (Å²) in [5.41, 5.74) is -0.230. The fraction of sp³-hybridized carbons (Fsp3) is 0.375. The predicted molar refractivity (Wildman–Crippen MR) is 86.2 cm³/mol. The Bertz CT molecular complexity index is 754. The number of piperazine rings is 1. The van der Waals surface area contributed by atoms with Crippen LogP contribution in [0.1, 0.15) is 21.7 Å². The van der Waals surface area contributed by atoms with Gasteiger partial charge in [0, 0.05) is 43.8 Å². The minimum atomic E-state index is -4.54. The molecule has 9 heteroatoms. The lowest BCUT2D eigenvalue weighted by atomic mass is 10.2. The SMILES string of the molecule is O=C(c1cc(C(F)(F)F)[nH]n1)N1CCN(Cc2ccccc2Cl)CC1. The maximum absolute atomic E-state index is 12.6. The lowest BCUT2D eigenvalue weighted by molar-refractivity contribution is -0.141. The molecule has 0 spiro atoms. The van der Waals surface area contributed by atoms with Gasteiger partial charge in [-0.3, -0.25) is 14.8 Å². The Hall–Kier alpha value is -2.06. The molecule has 1 aromatic carbocycles. The van der Waals surface area contributed by atoms with Gasteiger partial charge in [-0.15, -0.1) is 0 Å². The molecule has 2 aromatic rings. The Morgan fingerprint density at radius 3 is 2.48 bits per heavy atom. The molecule has 1 saturated heterocycles. The molecule has 1 N–H and O–H groups in total. The van der Waals surface area contributed by atoms with Gasteiger partial charge in [0.25, 0.3) is 5.91 Å². The van der Waals surface area contributed by atoms with Crippen LogP contribution in [0.15, 0.2) is 30.3 Å². The van der Waals surface area contributed by atoms with Gasteiger partial charge in [-0.2, -0.15) is 18.3 Å². The van der Waals surface area contributed by atoms with E-state index < -0.39 is 17.8 Å². The summed E-state index contributed by atoms with van der Waals surface area (Å²) >= 11 is 6.15. The first-order chi connectivity index (χ1) is 11.8. The zero-order chi connectivity index (χ0) is 18.0. The molecule has 1 aliphatic rings. The third-order valence-corrected chi connectivity index (χ3v) is 4.48. The average molecular weight is 373 g/mol. The molecular weight excluding hydrogens is 357 g/mol. The highest BCUT2D eigenvalue weighted by Crippen LogP contribution is 2.28. The Labute approximate surface area is 147 Å². The van der Waals surface area contributed by atoms with Gasteiger partial charge in [0.15, 0.2) is 5.69 Å². The zero-order valence-corrected chi connectivity index (χ0v) is 13.9. The molecule has 3 rings (SSSR count). The molecule has 25 heavy (non-hydrogen) atoms. The number of hydrogen-bond donors (Lipinski definition) is 1. The number of carbonyl (C=O) groups is 1. The molecule has 0 radical (unpaired) electrons. The summed E-state index contributed by atoms with van der Waals surface area (Å²) in [5.74, 6) is -0.496. The number of aromatic amines is 1. The largest absolute Gasteiger partial charge is 0.432 e. The Morgan fingerprint density at radius 2 is 1.88 bits per heavy atom. The average Bonchev–Trinajstić information content (AvgIpc) is 3.07. The van der Waals surface area contributed by atoms with Crippen LogP contribution in [0.25, 0.3) is 0 Å². The van der Waals surface area contributed by atoms with Crippen molar-refractivity contribution < 1.29 is 18.0 Å². The van der Waals surface area contributed by atoms with Gasteiger partial charge >= 0.3 is 6.18 Å². The molecule has 1 aliphatic heterocycles. The fourth-order valence-electron chi connectivity index (χ4n) is 2.72. The van der Waals surface area contributed by atoms with E-state index in [0.717, 1.165) is 11.6 Å². The quantitative estimate of drug-likeness (QED) is 0.901. The highest BCUT2D eigenvalue weighted by Gasteiger charge is 2.34. The van der Waals surface area contributed by atoms with Gasteiger partial charge in [0.05, 0.1) is 0 Å². The van der Waals surface area contributed by atoms with Crippen molar-refractivity contribution in [1.82, 2.24) is 20.0 Å². The number of halogens is 4. The van der Waals surface area contributed by atoms with E-state index in [1.165, 1.54) is 4.90 Å². The number of aromatic nitrogens is 2. The second kappa shape index (κ2) is 7.05. The standard InChI is InChI=1S/C16H16ClF3N4O/c17-12-4-2-1-3-11(12)10-23-5-7-24(8-6-23)15(25)13-9-14(22-21-13)16(18,19)20/h1-4,9H,5-8,10H2,(H,21,22). The van der Waals surface area contributed by atoms with Crippen molar-refractivity contribution in [2.24, 2.45) is 0 Å². The van der Waals surface area contributed by atoms with Gasteiger partial charge in [0.1, 0.15) is 5.69 Å². The third-order valence-electron chi connectivity index (χ3n) is 4.11. The van der Waals surface area contributed by atoms with E-state index in [9.17, 15) is 18.0 Å². The number of nitrogens with one attached hydrogen (secondary N) is 1. The fourth-order valence-corrected chi connectivity index (χ4v) is 2.91. The first-order valence-corrected chi connectivity index (χ1v) is 8.10. The predicted octanol–water partition coefficient (Wildman–Crippen LogP) is 3.04. The third kappa shape index (κ3) is 4.13. The Balaban J connectivity index is 1.58.